The van der Waals surface area contributed by atoms with Gasteiger partial charge in [-0.1, -0.05) is 32.0 Å². The molecule has 0 spiro atoms. The van der Waals surface area contributed by atoms with Crippen LogP contribution in [0.5, 0.6) is 5.75 Å². The van der Waals surface area contributed by atoms with Crippen molar-refractivity contribution in [3.05, 3.63) is 29.8 Å². The maximum atomic E-state index is 5.99. The van der Waals surface area contributed by atoms with Gasteiger partial charge in [0.2, 0.25) is 0 Å². The van der Waals surface area contributed by atoms with Gasteiger partial charge in [-0.3, -0.25) is 0 Å². The van der Waals surface area contributed by atoms with Crippen LogP contribution in [0.15, 0.2) is 24.3 Å². The topological polar surface area (TPSA) is 21.3 Å². The predicted molar refractivity (Wildman–Crippen MR) is 83.1 cm³/mol. The Hall–Kier alpha value is -1.02. The lowest BCUT2D eigenvalue weighted by Crippen LogP contribution is -2.40. The van der Waals surface area contributed by atoms with Gasteiger partial charge in [0.05, 0.1) is 0 Å². The Balaban J connectivity index is 1.41. The summed E-state index contributed by atoms with van der Waals surface area (Å²) in [7, 11) is 0. The van der Waals surface area contributed by atoms with Crippen LogP contribution in [-0.4, -0.2) is 18.7 Å². The largest absolute Gasteiger partial charge is 0.488 e. The average molecular weight is 273 g/mol. The van der Waals surface area contributed by atoms with E-state index in [9.17, 15) is 0 Å². The highest BCUT2D eigenvalue weighted by Gasteiger charge is 2.26. The van der Waals surface area contributed by atoms with Gasteiger partial charge in [-0.05, 0) is 49.1 Å². The van der Waals surface area contributed by atoms with Crippen LogP contribution < -0.4 is 10.1 Å². The van der Waals surface area contributed by atoms with E-state index in [1.165, 1.54) is 31.2 Å². The molecular weight excluding hydrogens is 246 g/mol. The van der Waals surface area contributed by atoms with Crippen LogP contribution in [-0.2, 0) is 6.42 Å². The molecule has 0 radical (unpaired) electrons. The van der Waals surface area contributed by atoms with E-state index in [0.29, 0.717) is 12.1 Å². The van der Waals surface area contributed by atoms with Crippen molar-refractivity contribution in [3.63, 3.8) is 0 Å². The molecule has 0 saturated heterocycles. The van der Waals surface area contributed by atoms with E-state index >= 15 is 0 Å². The molecule has 0 aromatic heterocycles. The Kier molecular flexibility index (Phi) is 4.30. The van der Waals surface area contributed by atoms with Crippen LogP contribution in [0.1, 0.15) is 45.1 Å². The van der Waals surface area contributed by atoms with Gasteiger partial charge in [-0.25, -0.2) is 0 Å². The molecule has 1 aliphatic carbocycles. The Bertz CT molecular complexity index is 410. The second kappa shape index (κ2) is 6.17. The maximum Gasteiger partial charge on any atom is 0.123 e. The zero-order chi connectivity index (χ0) is 13.9. The molecule has 2 heteroatoms. The van der Waals surface area contributed by atoms with Gasteiger partial charge >= 0.3 is 0 Å². The van der Waals surface area contributed by atoms with E-state index < -0.39 is 0 Å². The van der Waals surface area contributed by atoms with Gasteiger partial charge in [-0.2, -0.15) is 0 Å². The van der Waals surface area contributed by atoms with Crippen molar-refractivity contribution >= 4 is 0 Å². The highest BCUT2D eigenvalue weighted by Crippen LogP contribution is 2.31. The second-order valence-electron chi connectivity index (χ2n) is 6.82. The van der Waals surface area contributed by atoms with Crippen molar-refractivity contribution in [1.82, 2.24) is 5.32 Å². The summed E-state index contributed by atoms with van der Waals surface area (Å²) in [5.74, 6) is 2.88. The normalized spacial score (nSPS) is 29.2. The number of hydrogen-bond donors (Lipinski definition) is 1. The number of benzene rings is 1. The monoisotopic (exact) mass is 273 g/mol. The maximum absolute atomic E-state index is 5.99. The lowest BCUT2D eigenvalue weighted by Gasteiger charge is -2.32. The zero-order valence-corrected chi connectivity index (χ0v) is 12.8. The van der Waals surface area contributed by atoms with Crippen LogP contribution >= 0.6 is 0 Å². The summed E-state index contributed by atoms with van der Waals surface area (Å²) in [4.78, 5) is 0. The van der Waals surface area contributed by atoms with Gasteiger partial charge < -0.3 is 10.1 Å². The molecular formula is C18H27NO. The number of para-hydroxylation sites is 1. The summed E-state index contributed by atoms with van der Waals surface area (Å²) in [6, 6.07) is 9.14. The van der Waals surface area contributed by atoms with E-state index in [0.717, 1.165) is 30.6 Å². The third-order valence-electron chi connectivity index (χ3n) is 5.06. The fourth-order valence-electron chi connectivity index (χ4n) is 3.66. The number of hydrogen-bond acceptors (Lipinski definition) is 2. The molecule has 1 aromatic carbocycles. The molecule has 0 bridgehead atoms. The first-order valence-corrected chi connectivity index (χ1v) is 8.20. The summed E-state index contributed by atoms with van der Waals surface area (Å²) in [5.41, 5.74) is 1.36. The van der Waals surface area contributed by atoms with Gasteiger partial charge in [0.15, 0.2) is 0 Å². The Morgan fingerprint density at radius 2 is 1.90 bits per heavy atom. The molecule has 1 aliphatic heterocycles. The van der Waals surface area contributed by atoms with E-state index in [-0.39, 0.29) is 0 Å². The SMILES string of the molecule is CC(C)C1CCC(NCC2Cc3ccccc3O2)CC1. The van der Waals surface area contributed by atoms with Gasteiger partial charge in [0.1, 0.15) is 11.9 Å². The van der Waals surface area contributed by atoms with Crippen molar-refractivity contribution in [2.24, 2.45) is 11.8 Å². The summed E-state index contributed by atoms with van der Waals surface area (Å²) < 4.78 is 5.99. The minimum absolute atomic E-state index is 0.329. The lowest BCUT2D eigenvalue weighted by molar-refractivity contribution is 0.196. The van der Waals surface area contributed by atoms with Crippen molar-refractivity contribution in [2.75, 3.05) is 6.54 Å². The summed E-state index contributed by atoms with van der Waals surface area (Å²) in [6.07, 6.45) is 6.84. The highest BCUT2D eigenvalue weighted by atomic mass is 16.5. The molecule has 1 aromatic rings. The molecule has 1 atom stereocenters. The van der Waals surface area contributed by atoms with Gasteiger partial charge in [0.25, 0.3) is 0 Å². The summed E-state index contributed by atoms with van der Waals surface area (Å²) in [5, 5.41) is 3.73. The average Bonchev–Trinajstić information content (AvgIpc) is 2.88. The number of fused-ring (bicyclic) bond motifs is 1. The standard InChI is InChI=1S/C18H27NO/c1-13(2)14-7-9-16(10-8-14)19-12-17-11-15-5-3-4-6-18(15)20-17/h3-6,13-14,16-17,19H,7-12H2,1-2H3. The Morgan fingerprint density at radius 3 is 2.60 bits per heavy atom. The minimum Gasteiger partial charge on any atom is -0.488 e. The zero-order valence-electron chi connectivity index (χ0n) is 12.8. The first-order chi connectivity index (χ1) is 9.72. The van der Waals surface area contributed by atoms with Crippen LogP contribution in [0.25, 0.3) is 0 Å². The van der Waals surface area contributed by atoms with E-state index in [4.69, 9.17) is 4.74 Å². The molecule has 2 aliphatic rings. The van der Waals surface area contributed by atoms with Gasteiger partial charge in [0, 0.05) is 19.0 Å². The molecule has 0 amide bonds. The van der Waals surface area contributed by atoms with Crippen molar-refractivity contribution in [1.29, 1.82) is 0 Å². The fraction of sp³-hybridized carbons (Fsp3) is 0.667. The molecule has 110 valence electrons. The summed E-state index contributed by atoms with van der Waals surface area (Å²) in [6.45, 7) is 5.72. The molecule has 1 heterocycles. The van der Waals surface area contributed by atoms with Crippen LogP contribution in [0.2, 0.25) is 0 Å². The second-order valence-corrected chi connectivity index (χ2v) is 6.82. The first kappa shape index (κ1) is 13.9. The van der Waals surface area contributed by atoms with E-state index in [2.05, 4.69) is 43.4 Å². The summed E-state index contributed by atoms with van der Waals surface area (Å²) >= 11 is 0. The Labute approximate surface area is 122 Å². The molecule has 1 saturated carbocycles. The quantitative estimate of drug-likeness (QED) is 0.901. The van der Waals surface area contributed by atoms with Crippen LogP contribution in [0, 0.1) is 11.8 Å². The fourth-order valence-corrected chi connectivity index (χ4v) is 3.66. The molecule has 1 N–H and O–H groups in total. The molecule has 1 unspecified atom stereocenters. The smallest absolute Gasteiger partial charge is 0.123 e. The first-order valence-electron chi connectivity index (χ1n) is 8.20. The third-order valence-corrected chi connectivity index (χ3v) is 5.06. The number of rotatable bonds is 4. The molecule has 1 fully saturated rings. The third kappa shape index (κ3) is 3.17. The molecule has 3 rings (SSSR count). The number of ether oxygens (including phenoxy) is 1. The van der Waals surface area contributed by atoms with E-state index in [1.807, 2.05) is 0 Å². The van der Waals surface area contributed by atoms with Crippen LogP contribution in [0.4, 0.5) is 0 Å². The molecule has 20 heavy (non-hydrogen) atoms. The van der Waals surface area contributed by atoms with Crippen molar-refractivity contribution < 1.29 is 4.74 Å². The highest BCUT2D eigenvalue weighted by molar-refractivity contribution is 5.37. The van der Waals surface area contributed by atoms with Crippen LogP contribution in [0.3, 0.4) is 0 Å². The van der Waals surface area contributed by atoms with Gasteiger partial charge in [-0.15, -0.1) is 0 Å². The van der Waals surface area contributed by atoms with E-state index in [1.54, 1.807) is 0 Å². The Morgan fingerprint density at radius 1 is 1.15 bits per heavy atom. The lowest BCUT2D eigenvalue weighted by atomic mass is 9.80. The van der Waals surface area contributed by atoms with Crippen molar-refractivity contribution in [3.8, 4) is 5.75 Å². The predicted octanol–water partition coefficient (Wildman–Crippen LogP) is 3.79. The van der Waals surface area contributed by atoms with Crippen molar-refractivity contribution in [2.45, 2.75) is 58.1 Å². The molecule has 2 nitrogen and oxygen atoms in total. The number of nitrogens with one attached hydrogen (secondary N) is 1. The minimum atomic E-state index is 0.329.